The van der Waals surface area contributed by atoms with E-state index in [0.717, 1.165) is 63.4 Å². The molecule has 0 radical (unpaired) electrons. The van der Waals surface area contributed by atoms with Crippen LogP contribution in [0.4, 0.5) is 5.82 Å². The van der Waals surface area contributed by atoms with Gasteiger partial charge in [0.15, 0.2) is 0 Å². The summed E-state index contributed by atoms with van der Waals surface area (Å²) < 4.78 is 1.77. The molecule has 1 aliphatic carbocycles. The molecular formula is C17H25N7O. The van der Waals surface area contributed by atoms with E-state index < -0.39 is 0 Å². The number of hydrogen-bond donors (Lipinski definition) is 1. The minimum atomic E-state index is 0.112. The molecule has 25 heavy (non-hydrogen) atoms. The van der Waals surface area contributed by atoms with Gasteiger partial charge in [-0.15, -0.1) is 0 Å². The zero-order valence-corrected chi connectivity index (χ0v) is 14.6. The molecule has 2 aliphatic rings. The van der Waals surface area contributed by atoms with Crippen molar-refractivity contribution in [3.8, 4) is 0 Å². The van der Waals surface area contributed by atoms with Gasteiger partial charge in [0.25, 0.3) is 5.78 Å². The van der Waals surface area contributed by atoms with E-state index in [4.69, 9.17) is 5.73 Å². The third kappa shape index (κ3) is 3.18. The van der Waals surface area contributed by atoms with Gasteiger partial charge in [0.05, 0.1) is 0 Å². The molecule has 2 N–H and O–H groups in total. The molecule has 1 saturated heterocycles. The summed E-state index contributed by atoms with van der Waals surface area (Å²) >= 11 is 0. The molecule has 1 aliphatic heterocycles. The van der Waals surface area contributed by atoms with E-state index in [0.29, 0.717) is 5.78 Å². The highest BCUT2D eigenvalue weighted by Crippen LogP contribution is 2.26. The average molecular weight is 343 g/mol. The van der Waals surface area contributed by atoms with E-state index in [-0.39, 0.29) is 17.9 Å². The number of aromatic nitrogens is 4. The summed E-state index contributed by atoms with van der Waals surface area (Å²) in [6.45, 7) is 5.03. The normalized spacial score (nSPS) is 24.7. The molecule has 0 aromatic carbocycles. The minimum absolute atomic E-state index is 0.112. The first-order valence-electron chi connectivity index (χ1n) is 9.08. The molecule has 0 spiro atoms. The van der Waals surface area contributed by atoms with Crippen LogP contribution in [0.1, 0.15) is 31.4 Å². The summed E-state index contributed by atoms with van der Waals surface area (Å²) in [5.74, 6) is 2.00. The van der Waals surface area contributed by atoms with Crippen LogP contribution in [0, 0.1) is 12.8 Å². The number of hydrogen-bond acceptors (Lipinski definition) is 6. The van der Waals surface area contributed by atoms with Gasteiger partial charge in [-0.1, -0.05) is 6.42 Å². The Hall–Kier alpha value is -2.22. The summed E-state index contributed by atoms with van der Waals surface area (Å²) in [5.41, 5.74) is 6.97. The molecule has 2 aromatic heterocycles. The van der Waals surface area contributed by atoms with Crippen LogP contribution in [0.15, 0.2) is 12.4 Å². The second kappa shape index (κ2) is 6.59. The fraction of sp³-hybridized carbons (Fsp3) is 0.647. The van der Waals surface area contributed by atoms with Gasteiger partial charge in [0.1, 0.15) is 12.1 Å². The molecule has 1 saturated carbocycles. The molecule has 2 atom stereocenters. The second-order valence-corrected chi connectivity index (χ2v) is 7.16. The summed E-state index contributed by atoms with van der Waals surface area (Å²) in [4.78, 5) is 25.6. The Morgan fingerprint density at radius 2 is 2.04 bits per heavy atom. The highest BCUT2D eigenvalue weighted by atomic mass is 16.2. The van der Waals surface area contributed by atoms with Crippen LogP contribution < -0.4 is 10.6 Å². The first kappa shape index (κ1) is 16.3. The molecule has 2 unspecified atom stereocenters. The monoisotopic (exact) mass is 343 g/mol. The fourth-order valence-corrected chi connectivity index (χ4v) is 4.00. The van der Waals surface area contributed by atoms with Gasteiger partial charge in [-0.3, -0.25) is 4.79 Å². The van der Waals surface area contributed by atoms with E-state index in [2.05, 4.69) is 20.0 Å². The lowest BCUT2D eigenvalue weighted by Crippen LogP contribution is -2.51. The Morgan fingerprint density at radius 1 is 1.24 bits per heavy atom. The molecule has 134 valence electrons. The molecule has 3 heterocycles. The van der Waals surface area contributed by atoms with E-state index in [1.807, 2.05) is 17.9 Å². The molecule has 8 heteroatoms. The Balaban J connectivity index is 1.44. The lowest BCUT2D eigenvalue weighted by molar-refractivity contribution is -0.137. The van der Waals surface area contributed by atoms with Gasteiger partial charge in [-0.05, 0) is 26.2 Å². The van der Waals surface area contributed by atoms with Crippen LogP contribution >= 0.6 is 0 Å². The number of aryl methyl sites for hydroxylation is 1. The third-order valence-electron chi connectivity index (χ3n) is 5.34. The van der Waals surface area contributed by atoms with Crippen molar-refractivity contribution < 1.29 is 4.79 Å². The lowest BCUT2D eigenvalue weighted by atomic mass is 9.85. The molecule has 2 aromatic rings. The van der Waals surface area contributed by atoms with Crippen molar-refractivity contribution >= 4 is 17.5 Å². The third-order valence-corrected chi connectivity index (χ3v) is 5.34. The molecule has 8 nitrogen and oxygen atoms in total. The summed E-state index contributed by atoms with van der Waals surface area (Å²) in [6, 6.07) is 2.21. The van der Waals surface area contributed by atoms with Crippen molar-refractivity contribution in [2.24, 2.45) is 11.7 Å². The maximum atomic E-state index is 12.8. The molecule has 4 rings (SSSR count). The highest BCUT2D eigenvalue weighted by Gasteiger charge is 2.31. The number of rotatable bonds is 2. The predicted molar refractivity (Wildman–Crippen MR) is 94.2 cm³/mol. The first-order chi connectivity index (χ1) is 12.1. The fourth-order valence-electron chi connectivity index (χ4n) is 4.00. The maximum absolute atomic E-state index is 12.8. The first-order valence-corrected chi connectivity index (χ1v) is 9.08. The van der Waals surface area contributed by atoms with Crippen molar-refractivity contribution in [3.63, 3.8) is 0 Å². The molecule has 0 bridgehead atoms. The largest absolute Gasteiger partial charge is 0.353 e. The van der Waals surface area contributed by atoms with Crippen molar-refractivity contribution in [1.29, 1.82) is 0 Å². The Labute approximate surface area is 147 Å². The summed E-state index contributed by atoms with van der Waals surface area (Å²) in [6.07, 6.45) is 5.46. The van der Waals surface area contributed by atoms with Crippen LogP contribution in [-0.4, -0.2) is 62.6 Å². The second-order valence-electron chi connectivity index (χ2n) is 7.16. The smallest absolute Gasteiger partial charge is 0.254 e. The van der Waals surface area contributed by atoms with Gasteiger partial charge in [-0.25, -0.2) is 4.98 Å². The van der Waals surface area contributed by atoms with Crippen LogP contribution in [0.5, 0.6) is 0 Å². The maximum Gasteiger partial charge on any atom is 0.254 e. The van der Waals surface area contributed by atoms with E-state index >= 15 is 0 Å². The van der Waals surface area contributed by atoms with Gasteiger partial charge < -0.3 is 15.5 Å². The van der Waals surface area contributed by atoms with Crippen molar-refractivity contribution in [2.45, 2.75) is 38.6 Å². The van der Waals surface area contributed by atoms with Gasteiger partial charge in [0.2, 0.25) is 5.91 Å². The van der Waals surface area contributed by atoms with E-state index in [9.17, 15) is 4.79 Å². The number of nitrogens with two attached hydrogens (primary N) is 1. The lowest BCUT2D eigenvalue weighted by Gasteiger charge is -2.38. The number of fused-ring (bicyclic) bond motifs is 1. The van der Waals surface area contributed by atoms with Crippen molar-refractivity contribution in [3.05, 3.63) is 18.1 Å². The summed E-state index contributed by atoms with van der Waals surface area (Å²) in [7, 11) is 0. The predicted octanol–water partition coefficient (Wildman–Crippen LogP) is 0.599. The number of carbonyl (C=O) groups is 1. The highest BCUT2D eigenvalue weighted by molar-refractivity contribution is 5.79. The quantitative estimate of drug-likeness (QED) is 0.858. The number of piperazine rings is 1. The number of nitrogens with zero attached hydrogens (tertiary/aromatic N) is 6. The zero-order valence-electron chi connectivity index (χ0n) is 14.6. The van der Waals surface area contributed by atoms with Crippen LogP contribution in [0.3, 0.4) is 0 Å². The standard InChI is InChI=1S/C17H25N7O/c1-12-9-15(24-17(21-12)19-11-20-24)22-5-7-23(8-6-22)16(25)13-3-2-4-14(18)10-13/h9,11,13-14H,2-8,10,18H2,1H3. The van der Waals surface area contributed by atoms with Crippen molar-refractivity contribution in [1.82, 2.24) is 24.5 Å². The Morgan fingerprint density at radius 3 is 2.80 bits per heavy atom. The number of carbonyl (C=O) groups excluding carboxylic acids is 1. The van der Waals surface area contributed by atoms with Crippen LogP contribution in [0.2, 0.25) is 0 Å². The number of amides is 1. The van der Waals surface area contributed by atoms with Crippen molar-refractivity contribution in [2.75, 3.05) is 31.1 Å². The zero-order chi connectivity index (χ0) is 17.4. The molecular weight excluding hydrogens is 318 g/mol. The topological polar surface area (TPSA) is 92.7 Å². The summed E-state index contributed by atoms with van der Waals surface area (Å²) in [5, 5.41) is 4.28. The molecule has 2 fully saturated rings. The van der Waals surface area contributed by atoms with E-state index in [1.165, 1.54) is 6.33 Å². The van der Waals surface area contributed by atoms with Gasteiger partial charge in [0, 0.05) is 49.9 Å². The Kier molecular flexibility index (Phi) is 4.29. The van der Waals surface area contributed by atoms with Gasteiger partial charge in [-0.2, -0.15) is 14.6 Å². The molecule has 1 amide bonds. The average Bonchev–Trinajstić information content (AvgIpc) is 3.09. The SMILES string of the molecule is Cc1cc(N2CCN(C(=O)C3CCCC(N)C3)CC2)n2ncnc2n1. The Bertz CT molecular complexity index is 765. The van der Waals surface area contributed by atoms with Crippen LogP contribution in [0.25, 0.3) is 5.78 Å². The van der Waals surface area contributed by atoms with Gasteiger partial charge >= 0.3 is 0 Å². The number of anilines is 1. The van der Waals surface area contributed by atoms with E-state index in [1.54, 1.807) is 4.52 Å². The van der Waals surface area contributed by atoms with Crippen LogP contribution in [-0.2, 0) is 4.79 Å². The minimum Gasteiger partial charge on any atom is -0.353 e.